The minimum atomic E-state index is -3.47. The number of benzene rings is 2. The molecule has 0 bridgehead atoms. The molecule has 0 spiro atoms. The summed E-state index contributed by atoms with van der Waals surface area (Å²) in [4.78, 5) is 0.307. The molecule has 0 unspecified atom stereocenters. The summed E-state index contributed by atoms with van der Waals surface area (Å²) in [5.74, 6) is 0. The summed E-state index contributed by atoms with van der Waals surface area (Å²) in [6, 6.07) is 16.4. The van der Waals surface area contributed by atoms with Gasteiger partial charge >= 0.3 is 0 Å². The molecule has 0 saturated heterocycles. The summed E-state index contributed by atoms with van der Waals surface area (Å²) < 4.78 is 26.4. The second-order valence-electron chi connectivity index (χ2n) is 4.93. The molecule has 2 N–H and O–H groups in total. The fourth-order valence-electron chi connectivity index (χ4n) is 2.10. The molecule has 0 radical (unpaired) electrons. The van der Waals surface area contributed by atoms with E-state index in [-0.39, 0.29) is 0 Å². The Morgan fingerprint density at radius 2 is 1.57 bits per heavy atom. The van der Waals surface area contributed by atoms with Gasteiger partial charge in [-0.15, -0.1) is 0 Å². The molecule has 112 valence electrons. The summed E-state index contributed by atoms with van der Waals surface area (Å²) in [5.41, 5.74) is 7.50. The summed E-state index contributed by atoms with van der Waals surface area (Å²) >= 11 is 0. The van der Waals surface area contributed by atoms with Crippen LogP contribution in [0.3, 0.4) is 0 Å². The first-order chi connectivity index (χ1) is 10.0. The molecule has 4 nitrogen and oxygen atoms in total. The Bertz CT molecular complexity index is 667. The van der Waals surface area contributed by atoms with Crippen molar-refractivity contribution in [3.63, 3.8) is 0 Å². The van der Waals surface area contributed by atoms with Gasteiger partial charge in [-0.25, -0.2) is 8.42 Å². The van der Waals surface area contributed by atoms with Crippen molar-refractivity contribution in [3.8, 4) is 0 Å². The molecule has 0 amide bonds. The van der Waals surface area contributed by atoms with Crippen molar-refractivity contribution in [2.75, 3.05) is 13.6 Å². The molecule has 0 saturated carbocycles. The van der Waals surface area contributed by atoms with Crippen LogP contribution in [-0.4, -0.2) is 26.3 Å². The maximum atomic E-state index is 12.5. The van der Waals surface area contributed by atoms with Crippen LogP contribution < -0.4 is 5.73 Å². The Kier molecular flexibility index (Phi) is 5.12. The molecule has 2 aromatic carbocycles. The highest BCUT2D eigenvalue weighted by molar-refractivity contribution is 7.89. The Hall–Kier alpha value is -1.69. The predicted molar refractivity (Wildman–Crippen MR) is 84.3 cm³/mol. The van der Waals surface area contributed by atoms with Crippen LogP contribution in [-0.2, 0) is 23.0 Å². The standard InChI is InChI=1S/C16H20N2O2S/c1-18(13-15-5-3-2-4-6-15)21(19,20)16-9-7-14(8-10-16)11-12-17/h2-10H,11-13,17H2,1H3. The number of nitrogens with two attached hydrogens (primary N) is 1. The smallest absolute Gasteiger partial charge is 0.243 e. The van der Waals surface area contributed by atoms with Crippen LogP contribution in [0.1, 0.15) is 11.1 Å². The van der Waals surface area contributed by atoms with Crippen molar-refractivity contribution >= 4 is 10.0 Å². The summed E-state index contributed by atoms with van der Waals surface area (Å²) in [6.45, 7) is 0.910. The fourth-order valence-corrected chi connectivity index (χ4v) is 3.26. The van der Waals surface area contributed by atoms with Gasteiger partial charge in [-0.05, 0) is 36.2 Å². The lowest BCUT2D eigenvalue weighted by Crippen LogP contribution is -2.26. The first-order valence-corrected chi connectivity index (χ1v) is 8.27. The molecule has 21 heavy (non-hydrogen) atoms. The molecule has 0 heterocycles. The first kappa shape index (κ1) is 15.7. The molecule has 0 aliphatic heterocycles. The predicted octanol–water partition coefficient (Wildman–Crippen LogP) is 2.01. The van der Waals surface area contributed by atoms with Crippen LogP contribution in [0.15, 0.2) is 59.5 Å². The number of sulfonamides is 1. The summed E-state index contributed by atoms with van der Waals surface area (Å²) in [6.07, 6.45) is 0.750. The van der Waals surface area contributed by atoms with E-state index >= 15 is 0 Å². The molecule has 0 fully saturated rings. The SMILES string of the molecule is CN(Cc1ccccc1)S(=O)(=O)c1ccc(CCN)cc1. The molecule has 5 heteroatoms. The van der Waals surface area contributed by atoms with Gasteiger partial charge in [0.2, 0.25) is 10.0 Å². The van der Waals surface area contributed by atoms with Crippen molar-refractivity contribution in [1.29, 1.82) is 0 Å². The Morgan fingerprint density at radius 3 is 2.14 bits per heavy atom. The largest absolute Gasteiger partial charge is 0.330 e. The van der Waals surface area contributed by atoms with Gasteiger partial charge in [0.1, 0.15) is 0 Å². The van der Waals surface area contributed by atoms with Crippen molar-refractivity contribution in [2.45, 2.75) is 17.9 Å². The van der Waals surface area contributed by atoms with E-state index in [1.165, 1.54) is 4.31 Å². The van der Waals surface area contributed by atoms with E-state index in [0.29, 0.717) is 18.0 Å². The second kappa shape index (κ2) is 6.85. The molecule has 0 aromatic heterocycles. The number of rotatable bonds is 6. The molecular formula is C16H20N2O2S. The molecule has 0 aliphatic carbocycles. The monoisotopic (exact) mass is 304 g/mol. The zero-order valence-electron chi connectivity index (χ0n) is 12.1. The number of hydrogen-bond donors (Lipinski definition) is 1. The van der Waals surface area contributed by atoms with Gasteiger partial charge in [0.25, 0.3) is 0 Å². The normalized spacial score (nSPS) is 11.8. The molecule has 2 aromatic rings. The van der Waals surface area contributed by atoms with Gasteiger partial charge in [0, 0.05) is 13.6 Å². The maximum absolute atomic E-state index is 12.5. The van der Waals surface area contributed by atoms with Crippen LogP contribution >= 0.6 is 0 Å². The van der Waals surface area contributed by atoms with Gasteiger partial charge in [0.15, 0.2) is 0 Å². The van der Waals surface area contributed by atoms with Crippen molar-refractivity contribution in [1.82, 2.24) is 4.31 Å². The average Bonchev–Trinajstić information content (AvgIpc) is 2.49. The van der Waals surface area contributed by atoms with E-state index in [4.69, 9.17) is 5.73 Å². The van der Waals surface area contributed by atoms with Gasteiger partial charge in [-0.1, -0.05) is 42.5 Å². The highest BCUT2D eigenvalue weighted by Crippen LogP contribution is 2.17. The average molecular weight is 304 g/mol. The second-order valence-corrected chi connectivity index (χ2v) is 6.97. The summed E-state index contributed by atoms with van der Waals surface area (Å²) in [7, 11) is -1.87. The topological polar surface area (TPSA) is 63.4 Å². The molecule has 0 atom stereocenters. The van der Waals surface area contributed by atoms with Crippen molar-refractivity contribution < 1.29 is 8.42 Å². The Labute approximate surface area is 126 Å². The summed E-state index contributed by atoms with van der Waals surface area (Å²) in [5, 5.41) is 0. The third-order valence-electron chi connectivity index (χ3n) is 3.31. The number of hydrogen-bond acceptors (Lipinski definition) is 3. The maximum Gasteiger partial charge on any atom is 0.243 e. The van der Waals surface area contributed by atoms with E-state index in [1.807, 2.05) is 42.5 Å². The minimum absolute atomic E-state index is 0.307. The lowest BCUT2D eigenvalue weighted by Gasteiger charge is -2.17. The third-order valence-corrected chi connectivity index (χ3v) is 5.13. The van der Waals surface area contributed by atoms with E-state index < -0.39 is 10.0 Å². The third kappa shape index (κ3) is 3.91. The van der Waals surface area contributed by atoms with Crippen LogP contribution in [0.5, 0.6) is 0 Å². The highest BCUT2D eigenvalue weighted by Gasteiger charge is 2.20. The Morgan fingerprint density at radius 1 is 0.952 bits per heavy atom. The van der Waals surface area contributed by atoms with E-state index in [0.717, 1.165) is 17.5 Å². The zero-order chi connectivity index (χ0) is 15.3. The van der Waals surface area contributed by atoms with Crippen molar-refractivity contribution in [3.05, 3.63) is 65.7 Å². The van der Waals surface area contributed by atoms with Gasteiger partial charge < -0.3 is 5.73 Å². The zero-order valence-corrected chi connectivity index (χ0v) is 12.9. The molecule has 0 aliphatic rings. The van der Waals surface area contributed by atoms with Gasteiger partial charge in [0.05, 0.1) is 4.90 Å². The lowest BCUT2D eigenvalue weighted by molar-refractivity contribution is 0.466. The van der Waals surface area contributed by atoms with Crippen LogP contribution in [0, 0.1) is 0 Å². The lowest BCUT2D eigenvalue weighted by atomic mass is 10.2. The van der Waals surface area contributed by atoms with Crippen LogP contribution in [0.4, 0.5) is 0 Å². The van der Waals surface area contributed by atoms with E-state index in [2.05, 4.69) is 0 Å². The molecule has 2 rings (SSSR count). The van der Waals surface area contributed by atoms with Crippen LogP contribution in [0.25, 0.3) is 0 Å². The van der Waals surface area contributed by atoms with E-state index in [1.54, 1.807) is 19.2 Å². The fraction of sp³-hybridized carbons (Fsp3) is 0.250. The minimum Gasteiger partial charge on any atom is -0.330 e. The Balaban J connectivity index is 2.16. The van der Waals surface area contributed by atoms with Crippen molar-refractivity contribution in [2.24, 2.45) is 5.73 Å². The van der Waals surface area contributed by atoms with E-state index in [9.17, 15) is 8.42 Å². The molecular weight excluding hydrogens is 284 g/mol. The highest BCUT2D eigenvalue weighted by atomic mass is 32.2. The van der Waals surface area contributed by atoms with Gasteiger partial charge in [-0.3, -0.25) is 0 Å². The van der Waals surface area contributed by atoms with Crippen LogP contribution in [0.2, 0.25) is 0 Å². The number of nitrogens with zero attached hydrogens (tertiary/aromatic N) is 1. The first-order valence-electron chi connectivity index (χ1n) is 6.83. The quantitative estimate of drug-likeness (QED) is 0.888. The van der Waals surface area contributed by atoms with Gasteiger partial charge in [-0.2, -0.15) is 4.31 Å².